The Morgan fingerprint density at radius 3 is 1.88 bits per heavy atom. The number of para-hydroxylation sites is 2. The third-order valence-electron chi connectivity index (χ3n) is 6.82. The molecule has 4 amide bonds. The largest absolute Gasteiger partial charge is 0.493 e. The van der Waals surface area contributed by atoms with Gasteiger partial charge in [-0.3, -0.25) is 9.59 Å². The molecule has 0 bridgehead atoms. The topological polar surface area (TPSA) is 76.2 Å². The number of hydrogen-bond acceptors (Lipinski definition) is 5. The van der Waals surface area contributed by atoms with E-state index in [0.29, 0.717) is 43.6 Å². The minimum absolute atomic E-state index is 0.159. The first-order chi connectivity index (χ1) is 20.2. The first-order valence-electron chi connectivity index (χ1n) is 13.0. The number of halogens is 2. The zero-order chi connectivity index (χ0) is 30.0. The van der Waals surface area contributed by atoms with Crippen molar-refractivity contribution in [3.8, 4) is 11.5 Å². The van der Waals surface area contributed by atoms with Crippen LogP contribution in [0.1, 0.15) is 22.3 Å². The fraction of sp³-hybridized carbons (Fsp3) is 0.121. The van der Waals surface area contributed by atoms with E-state index in [4.69, 9.17) is 21.1 Å². The molecule has 0 unspecified atom stereocenters. The molecule has 0 N–H and O–H groups in total. The molecular weight excluding hydrogens is 667 g/mol. The van der Waals surface area contributed by atoms with Gasteiger partial charge in [-0.25, -0.2) is 14.6 Å². The van der Waals surface area contributed by atoms with Gasteiger partial charge in [0.05, 0.1) is 22.1 Å². The predicted octanol–water partition coefficient (Wildman–Crippen LogP) is 7.73. The van der Waals surface area contributed by atoms with Gasteiger partial charge in [0.2, 0.25) is 0 Å². The molecule has 42 heavy (non-hydrogen) atoms. The van der Waals surface area contributed by atoms with Crippen LogP contribution in [0.5, 0.6) is 11.5 Å². The van der Waals surface area contributed by atoms with Crippen molar-refractivity contribution >= 4 is 69.5 Å². The van der Waals surface area contributed by atoms with E-state index in [1.54, 1.807) is 48.5 Å². The number of methoxy groups -OCH3 is 1. The molecule has 1 aliphatic heterocycles. The van der Waals surface area contributed by atoms with E-state index < -0.39 is 17.8 Å². The number of urea groups is 1. The number of carbonyl (C=O) groups excluding carboxylic acids is 3. The zero-order valence-electron chi connectivity index (χ0n) is 23.1. The van der Waals surface area contributed by atoms with E-state index in [1.807, 2.05) is 50.2 Å². The number of amides is 4. The van der Waals surface area contributed by atoms with Crippen LogP contribution < -0.4 is 19.3 Å². The highest BCUT2D eigenvalue weighted by Gasteiger charge is 2.44. The summed E-state index contributed by atoms with van der Waals surface area (Å²) in [5.74, 6) is -0.460. The number of rotatable bonds is 7. The van der Waals surface area contributed by atoms with Crippen molar-refractivity contribution in [1.82, 2.24) is 0 Å². The lowest BCUT2D eigenvalue weighted by Crippen LogP contribution is -2.57. The molecule has 1 aliphatic rings. The summed E-state index contributed by atoms with van der Waals surface area (Å²) in [6.45, 7) is 3.91. The van der Waals surface area contributed by atoms with E-state index in [2.05, 4.69) is 22.6 Å². The Balaban J connectivity index is 1.57. The molecule has 0 atom stereocenters. The van der Waals surface area contributed by atoms with Crippen LogP contribution in [0, 0.1) is 17.4 Å². The molecule has 9 heteroatoms. The molecule has 0 radical (unpaired) electrons. The Morgan fingerprint density at radius 2 is 1.36 bits per heavy atom. The summed E-state index contributed by atoms with van der Waals surface area (Å²) in [6, 6.07) is 24.2. The zero-order valence-corrected chi connectivity index (χ0v) is 26.0. The van der Waals surface area contributed by atoms with Gasteiger partial charge in [-0.05, 0) is 101 Å². The van der Waals surface area contributed by atoms with Crippen LogP contribution in [0.15, 0.2) is 90.5 Å². The molecule has 1 heterocycles. The van der Waals surface area contributed by atoms with E-state index >= 15 is 0 Å². The monoisotopic (exact) mass is 692 g/mol. The second-order valence-electron chi connectivity index (χ2n) is 9.64. The summed E-state index contributed by atoms with van der Waals surface area (Å²) in [5.41, 5.74) is 3.56. The SMILES string of the molecule is COc1cc(C=C2C(=O)N(c3ccccc3C)C(=O)N(c3ccccc3C)C2=O)cc(I)c1OCc1ccc(Cl)cc1. The Bertz CT molecular complexity index is 1670. The highest BCUT2D eigenvalue weighted by atomic mass is 127. The Kier molecular flexibility index (Phi) is 8.65. The quantitative estimate of drug-likeness (QED) is 0.113. The first kappa shape index (κ1) is 29.3. The average Bonchev–Trinajstić information content (AvgIpc) is 2.97. The van der Waals surface area contributed by atoms with Crippen LogP contribution in [-0.2, 0) is 16.2 Å². The maximum atomic E-state index is 13.9. The standard InChI is InChI=1S/C33H26ClIN2O5/c1-20-8-4-6-10-27(20)36-31(38)25(32(39)37(33(36)40)28-11-7-5-9-21(28)2)16-23-17-26(35)30(29(18-23)41-3)42-19-22-12-14-24(34)15-13-22/h4-18H,19H2,1-3H3. The fourth-order valence-corrected chi connectivity index (χ4v) is 5.56. The molecule has 4 aromatic rings. The molecule has 0 spiro atoms. The molecule has 0 saturated carbocycles. The molecule has 212 valence electrons. The van der Waals surface area contributed by atoms with Crippen LogP contribution in [0.3, 0.4) is 0 Å². The van der Waals surface area contributed by atoms with E-state index in [9.17, 15) is 14.4 Å². The Morgan fingerprint density at radius 1 is 0.810 bits per heavy atom. The maximum Gasteiger partial charge on any atom is 0.343 e. The summed E-state index contributed by atoms with van der Waals surface area (Å²) in [7, 11) is 1.52. The molecule has 4 aromatic carbocycles. The average molecular weight is 693 g/mol. The van der Waals surface area contributed by atoms with Crippen LogP contribution in [-0.4, -0.2) is 25.0 Å². The summed E-state index contributed by atoms with van der Waals surface area (Å²) in [5, 5.41) is 0.638. The number of aryl methyl sites for hydroxylation is 2. The smallest absolute Gasteiger partial charge is 0.343 e. The number of benzene rings is 4. The van der Waals surface area contributed by atoms with E-state index in [-0.39, 0.29) is 5.57 Å². The van der Waals surface area contributed by atoms with Crippen LogP contribution >= 0.6 is 34.2 Å². The first-order valence-corrected chi connectivity index (χ1v) is 14.5. The van der Waals surface area contributed by atoms with Crippen molar-refractivity contribution in [2.75, 3.05) is 16.9 Å². The lowest BCUT2D eigenvalue weighted by Gasteiger charge is -2.35. The van der Waals surface area contributed by atoms with E-state index in [0.717, 1.165) is 26.5 Å². The van der Waals surface area contributed by atoms with Crippen molar-refractivity contribution in [3.05, 3.63) is 121 Å². The number of barbiturate groups is 1. The van der Waals surface area contributed by atoms with Gasteiger partial charge in [-0.2, -0.15) is 0 Å². The van der Waals surface area contributed by atoms with Crippen molar-refractivity contribution < 1.29 is 23.9 Å². The number of hydrogen-bond donors (Lipinski definition) is 0. The van der Waals surface area contributed by atoms with Crippen molar-refractivity contribution in [2.45, 2.75) is 20.5 Å². The lowest BCUT2D eigenvalue weighted by atomic mass is 10.0. The Hall–Kier alpha value is -4.15. The minimum Gasteiger partial charge on any atom is -0.493 e. The molecule has 1 fully saturated rings. The maximum absolute atomic E-state index is 13.9. The minimum atomic E-state index is -0.733. The number of ether oxygens (including phenoxy) is 2. The fourth-order valence-electron chi connectivity index (χ4n) is 4.65. The predicted molar refractivity (Wildman–Crippen MR) is 172 cm³/mol. The molecule has 1 saturated heterocycles. The van der Waals surface area contributed by atoms with Gasteiger partial charge >= 0.3 is 6.03 Å². The van der Waals surface area contributed by atoms with Gasteiger partial charge in [-0.15, -0.1) is 0 Å². The lowest BCUT2D eigenvalue weighted by molar-refractivity contribution is -0.121. The highest BCUT2D eigenvalue weighted by molar-refractivity contribution is 14.1. The van der Waals surface area contributed by atoms with Gasteiger partial charge in [0.1, 0.15) is 12.2 Å². The summed E-state index contributed by atoms with van der Waals surface area (Å²) >= 11 is 8.12. The molecular formula is C33H26ClIN2O5. The van der Waals surface area contributed by atoms with Crippen LogP contribution in [0.4, 0.5) is 16.2 Å². The Labute approximate surface area is 262 Å². The molecule has 5 rings (SSSR count). The number of imide groups is 2. The third kappa shape index (κ3) is 5.77. The summed E-state index contributed by atoms with van der Waals surface area (Å²) < 4.78 is 12.4. The molecule has 7 nitrogen and oxygen atoms in total. The van der Waals surface area contributed by atoms with Gasteiger partial charge < -0.3 is 9.47 Å². The molecule has 0 aliphatic carbocycles. The second-order valence-corrected chi connectivity index (χ2v) is 11.2. The van der Waals surface area contributed by atoms with Gasteiger partial charge in [0.15, 0.2) is 11.5 Å². The van der Waals surface area contributed by atoms with Gasteiger partial charge in [0, 0.05) is 5.02 Å². The number of carbonyl (C=O) groups is 3. The van der Waals surface area contributed by atoms with Crippen LogP contribution in [0.2, 0.25) is 5.02 Å². The number of anilines is 2. The second kappa shape index (κ2) is 12.4. The normalized spacial score (nSPS) is 13.5. The van der Waals surface area contributed by atoms with E-state index in [1.165, 1.54) is 13.2 Å². The van der Waals surface area contributed by atoms with Crippen molar-refractivity contribution in [3.63, 3.8) is 0 Å². The summed E-state index contributed by atoms with van der Waals surface area (Å²) in [6.07, 6.45) is 1.49. The van der Waals surface area contributed by atoms with Crippen molar-refractivity contribution in [2.24, 2.45) is 0 Å². The highest BCUT2D eigenvalue weighted by Crippen LogP contribution is 2.37. The van der Waals surface area contributed by atoms with Gasteiger partial charge in [-0.1, -0.05) is 60.1 Å². The van der Waals surface area contributed by atoms with Crippen LogP contribution in [0.25, 0.3) is 6.08 Å². The molecule has 0 aromatic heterocycles. The third-order valence-corrected chi connectivity index (χ3v) is 7.87. The van der Waals surface area contributed by atoms with Gasteiger partial charge in [0.25, 0.3) is 11.8 Å². The summed E-state index contributed by atoms with van der Waals surface area (Å²) in [4.78, 5) is 43.7. The van der Waals surface area contributed by atoms with Crippen molar-refractivity contribution in [1.29, 1.82) is 0 Å². The number of nitrogens with zero attached hydrogens (tertiary/aromatic N) is 2.